The van der Waals surface area contributed by atoms with Gasteiger partial charge in [0.1, 0.15) is 11.6 Å². The van der Waals surface area contributed by atoms with E-state index in [9.17, 15) is 9.18 Å². The number of hydrogen-bond donors (Lipinski definition) is 2. The summed E-state index contributed by atoms with van der Waals surface area (Å²) in [6.07, 6.45) is 5.17. The Morgan fingerprint density at radius 2 is 2.05 bits per heavy atom. The number of nitrogens with zero attached hydrogens (tertiary/aromatic N) is 1. The van der Waals surface area contributed by atoms with E-state index >= 15 is 0 Å². The predicted octanol–water partition coefficient (Wildman–Crippen LogP) is 3.49. The third-order valence-corrected chi connectivity index (χ3v) is 3.96. The van der Waals surface area contributed by atoms with Gasteiger partial charge in [0, 0.05) is 12.7 Å². The molecule has 114 valence electrons. The SMILES string of the molecule is O=C(NCC1CCC1)c1cccnc1Nc1ccccc1F. The van der Waals surface area contributed by atoms with Gasteiger partial charge in [-0.05, 0) is 43.0 Å². The largest absolute Gasteiger partial charge is 0.352 e. The molecule has 1 aliphatic carbocycles. The van der Waals surface area contributed by atoms with Gasteiger partial charge in [-0.3, -0.25) is 4.79 Å². The molecule has 0 saturated heterocycles. The standard InChI is InChI=1S/C17H18FN3O/c18-14-8-1-2-9-15(14)21-16-13(7-4-10-19-16)17(22)20-11-12-5-3-6-12/h1-2,4,7-10,12H,3,5-6,11H2,(H,19,21)(H,20,22). The van der Waals surface area contributed by atoms with Gasteiger partial charge in [-0.1, -0.05) is 18.6 Å². The number of carbonyl (C=O) groups is 1. The number of hydrogen-bond acceptors (Lipinski definition) is 3. The Kier molecular flexibility index (Phi) is 4.32. The first-order valence-electron chi connectivity index (χ1n) is 7.49. The minimum absolute atomic E-state index is 0.182. The Labute approximate surface area is 128 Å². The maximum absolute atomic E-state index is 13.7. The monoisotopic (exact) mass is 299 g/mol. The van der Waals surface area contributed by atoms with Crippen molar-refractivity contribution in [3.8, 4) is 0 Å². The molecule has 0 atom stereocenters. The maximum atomic E-state index is 13.7. The Hall–Kier alpha value is -2.43. The smallest absolute Gasteiger partial charge is 0.255 e. The predicted molar refractivity (Wildman–Crippen MR) is 83.6 cm³/mol. The lowest BCUT2D eigenvalue weighted by atomic mass is 9.85. The molecule has 22 heavy (non-hydrogen) atoms. The summed E-state index contributed by atoms with van der Waals surface area (Å²) >= 11 is 0. The molecule has 1 amide bonds. The van der Waals surface area contributed by atoms with E-state index in [1.54, 1.807) is 36.5 Å². The minimum atomic E-state index is -0.381. The highest BCUT2D eigenvalue weighted by atomic mass is 19.1. The van der Waals surface area contributed by atoms with Crippen LogP contribution < -0.4 is 10.6 Å². The quantitative estimate of drug-likeness (QED) is 0.888. The van der Waals surface area contributed by atoms with E-state index in [4.69, 9.17) is 0 Å². The zero-order valence-electron chi connectivity index (χ0n) is 12.2. The number of nitrogens with one attached hydrogen (secondary N) is 2. The average Bonchev–Trinajstić information content (AvgIpc) is 2.48. The average molecular weight is 299 g/mol. The molecule has 2 N–H and O–H groups in total. The summed E-state index contributed by atoms with van der Waals surface area (Å²) < 4.78 is 13.7. The van der Waals surface area contributed by atoms with E-state index < -0.39 is 0 Å². The number of amides is 1. The molecule has 0 aliphatic heterocycles. The summed E-state index contributed by atoms with van der Waals surface area (Å²) in [6.45, 7) is 0.687. The van der Waals surface area contributed by atoms with Crippen LogP contribution in [0.15, 0.2) is 42.6 Å². The number of carbonyl (C=O) groups excluding carboxylic acids is 1. The number of aromatic nitrogens is 1. The number of benzene rings is 1. The first-order valence-corrected chi connectivity index (χ1v) is 7.49. The van der Waals surface area contributed by atoms with Crippen LogP contribution in [-0.2, 0) is 0 Å². The van der Waals surface area contributed by atoms with Crippen LogP contribution in [0.4, 0.5) is 15.9 Å². The van der Waals surface area contributed by atoms with E-state index in [0.29, 0.717) is 29.5 Å². The molecule has 1 heterocycles. The van der Waals surface area contributed by atoms with Crippen LogP contribution in [0.5, 0.6) is 0 Å². The molecule has 0 spiro atoms. The van der Waals surface area contributed by atoms with Crippen LogP contribution in [0, 0.1) is 11.7 Å². The van der Waals surface area contributed by atoms with Gasteiger partial charge in [0.05, 0.1) is 11.3 Å². The Morgan fingerprint density at radius 3 is 2.77 bits per heavy atom. The molecule has 1 aromatic carbocycles. The fraction of sp³-hybridized carbons (Fsp3) is 0.294. The molecule has 0 unspecified atom stereocenters. The van der Waals surface area contributed by atoms with E-state index in [1.165, 1.54) is 25.3 Å². The van der Waals surface area contributed by atoms with Gasteiger partial charge in [0.15, 0.2) is 0 Å². The van der Waals surface area contributed by atoms with Crippen molar-refractivity contribution in [2.45, 2.75) is 19.3 Å². The summed E-state index contributed by atoms with van der Waals surface area (Å²) in [5.41, 5.74) is 0.722. The second-order valence-electron chi connectivity index (χ2n) is 5.51. The lowest BCUT2D eigenvalue weighted by molar-refractivity contribution is 0.0939. The summed E-state index contributed by atoms with van der Waals surface area (Å²) in [4.78, 5) is 16.5. The molecule has 0 bridgehead atoms. The summed E-state index contributed by atoms with van der Waals surface area (Å²) in [6, 6.07) is 9.70. The van der Waals surface area contributed by atoms with Crippen LogP contribution in [0.2, 0.25) is 0 Å². The van der Waals surface area contributed by atoms with E-state index in [-0.39, 0.29) is 11.7 Å². The van der Waals surface area contributed by atoms with Gasteiger partial charge in [-0.25, -0.2) is 9.37 Å². The highest BCUT2D eigenvalue weighted by molar-refractivity contribution is 5.99. The van der Waals surface area contributed by atoms with Crippen LogP contribution in [0.25, 0.3) is 0 Å². The zero-order valence-corrected chi connectivity index (χ0v) is 12.2. The first kappa shape index (κ1) is 14.5. The molecule has 2 aromatic rings. The summed E-state index contributed by atoms with van der Waals surface area (Å²) in [7, 11) is 0. The van der Waals surface area contributed by atoms with Gasteiger partial charge in [0.25, 0.3) is 5.91 Å². The number of pyridine rings is 1. The summed E-state index contributed by atoms with van der Waals surface area (Å²) in [5, 5.41) is 5.82. The van der Waals surface area contributed by atoms with Gasteiger partial charge >= 0.3 is 0 Å². The lowest BCUT2D eigenvalue weighted by Crippen LogP contribution is -2.32. The minimum Gasteiger partial charge on any atom is -0.352 e. The topological polar surface area (TPSA) is 54.0 Å². The molecule has 0 radical (unpaired) electrons. The van der Waals surface area contributed by atoms with Crippen molar-refractivity contribution < 1.29 is 9.18 Å². The van der Waals surface area contributed by atoms with Crippen molar-refractivity contribution >= 4 is 17.4 Å². The molecule has 3 rings (SSSR count). The Morgan fingerprint density at radius 1 is 1.23 bits per heavy atom. The van der Waals surface area contributed by atoms with E-state index in [1.807, 2.05) is 0 Å². The van der Waals surface area contributed by atoms with Gasteiger partial charge < -0.3 is 10.6 Å². The van der Waals surface area contributed by atoms with Crippen molar-refractivity contribution in [1.29, 1.82) is 0 Å². The van der Waals surface area contributed by atoms with Crippen LogP contribution in [0.1, 0.15) is 29.6 Å². The fourth-order valence-electron chi connectivity index (χ4n) is 2.41. The molecule has 1 aliphatic rings. The van der Waals surface area contributed by atoms with Gasteiger partial charge in [-0.2, -0.15) is 0 Å². The van der Waals surface area contributed by atoms with Crippen molar-refractivity contribution in [3.05, 3.63) is 54.0 Å². The zero-order chi connectivity index (χ0) is 15.4. The third-order valence-electron chi connectivity index (χ3n) is 3.96. The molecular weight excluding hydrogens is 281 g/mol. The van der Waals surface area contributed by atoms with Crippen LogP contribution >= 0.6 is 0 Å². The van der Waals surface area contributed by atoms with Crippen molar-refractivity contribution in [2.24, 2.45) is 5.92 Å². The Bertz CT molecular complexity index is 670. The van der Waals surface area contributed by atoms with Crippen molar-refractivity contribution in [3.63, 3.8) is 0 Å². The fourth-order valence-corrected chi connectivity index (χ4v) is 2.41. The van der Waals surface area contributed by atoms with Crippen molar-refractivity contribution in [1.82, 2.24) is 10.3 Å². The number of halogens is 1. The van der Waals surface area contributed by atoms with Crippen molar-refractivity contribution in [2.75, 3.05) is 11.9 Å². The number of anilines is 2. The van der Waals surface area contributed by atoms with Gasteiger partial charge in [-0.15, -0.1) is 0 Å². The molecular formula is C17H18FN3O. The lowest BCUT2D eigenvalue weighted by Gasteiger charge is -2.25. The highest BCUT2D eigenvalue weighted by Gasteiger charge is 2.19. The van der Waals surface area contributed by atoms with E-state index in [2.05, 4.69) is 15.6 Å². The van der Waals surface area contributed by atoms with Crippen LogP contribution in [0.3, 0.4) is 0 Å². The maximum Gasteiger partial charge on any atom is 0.255 e. The van der Waals surface area contributed by atoms with Crippen LogP contribution in [-0.4, -0.2) is 17.4 Å². The third kappa shape index (κ3) is 3.24. The number of rotatable bonds is 5. The molecule has 1 aromatic heterocycles. The van der Waals surface area contributed by atoms with Gasteiger partial charge in [0.2, 0.25) is 0 Å². The summed E-state index contributed by atoms with van der Waals surface area (Å²) in [5.74, 6) is 0.384. The Balaban J connectivity index is 1.74. The van der Waals surface area contributed by atoms with E-state index in [0.717, 1.165) is 0 Å². The first-order chi connectivity index (χ1) is 10.7. The normalized spacial score (nSPS) is 14.2. The molecule has 1 fully saturated rings. The second-order valence-corrected chi connectivity index (χ2v) is 5.51. The molecule has 1 saturated carbocycles. The second kappa shape index (κ2) is 6.56. The molecule has 5 heteroatoms. The highest BCUT2D eigenvalue weighted by Crippen LogP contribution is 2.25. The number of para-hydroxylation sites is 1. The molecule has 4 nitrogen and oxygen atoms in total.